The number of carbonyl (C=O) groups is 1. The van der Waals surface area contributed by atoms with Crippen LogP contribution < -0.4 is 15.4 Å². The summed E-state index contributed by atoms with van der Waals surface area (Å²) in [6.07, 6.45) is 0.194. The third kappa shape index (κ3) is 4.32. The van der Waals surface area contributed by atoms with Gasteiger partial charge in [-0.1, -0.05) is 13.0 Å². The zero-order valence-electron chi connectivity index (χ0n) is 12.3. The van der Waals surface area contributed by atoms with Crippen molar-refractivity contribution in [3.63, 3.8) is 0 Å². The van der Waals surface area contributed by atoms with Crippen molar-refractivity contribution in [3.8, 4) is 5.75 Å². The van der Waals surface area contributed by atoms with Gasteiger partial charge in [-0.25, -0.2) is 9.18 Å². The van der Waals surface area contributed by atoms with Crippen LogP contribution in [-0.4, -0.2) is 31.9 Å². The molecule has 0 spiro atoms. The highest BCUT2D eigenvalue weighted by atomic mass is 19.1. The molecule has 2 unspecified atom stereocenters. The Kier molecular flexibility index (Phi) is 5.38. The summed E-state index contributed by atoms with van der Waals surface area (Å²) in [5, 5.41) is 5.82. The second kappa shape index (κ2) is 7.26. The van der Waals surface area contributed by atoms with E-state index in [9.17, 15) is 9.18 Å². The maximum absolute atomic E-state index is 14.0. The van der Waals surface area contributed by atoms with E-state index in [1.807, 2.05) is 13.0 Å². The number of rotatable bonds is 7. The standard InChI is InChI=1S/C15H21FN2O3/c1-3-6-17-10(2)11-4-5-14(13(16)7-11)20-9-12-8-18-15(19)21-12/h4-5,7,10,12,17H,3,6,8-9H2,1-2H3,(H,18,19). The van der Waals surface area contributed by atoms with Crippen molar-refractivity contribution in [1.29, 1.82) is 0 Å². The zero-order chi connectivity index (χ0) is 15.2. The first-order valence-electron chi connectivity index (χ1n) is 7.20. The summed E-state index contributed by atoms with van der Waals surface area (Å²) in [4.78, 5) is 10.9. The fourth-order valence-corrected chi connectivity index (χ4v) is 2.09. The van der Waals surface area contributed by atoms with Crippen LogP contribution in [0.3, 0.4) is 0 Å². The zero-order valence-corrected chi connectivity index (χ0v) is 12.3. The summed E-state index contributed by atoms with van der Waals surface area (Å²) in [5.74, 6) is -0.237. The Bertz CT molecular complexity index is 496. The smallest absolute Gasteiger partial charge is 0.407 e. The second-order valence-corrected chi connectivity index (χ2v) is 5.08. The second-order valence-electron chi connectivity index (χ2n) is 5.08. The van der Waals surface area contributed by atoms with Crippen LogP contribution in [0.2, 0.25) is 0 Å². The van der Waals surface area contributed by atoms with E-state index < -0.39 is 11.9 Å². The van der Waals surface area contributed by atoms with Gasteiger partial charge in [0.05, 0.1) is 6.54 Å². The Morgan fingerprint density at radius 2 is 2.38 bits per heavy atom. The summed E-state index contributed by atoms with van der Waals surface area (Å²) < 4.78 is 24.3. The van der Waals surface area contributed by atoms with Crippen molar-refractivity contribution in [2.24, 2.45) is 0 Å². The molecule has 0 aromatic heterocycles. The lowest BCUT2D eigenvalue weighted by Crippen LogP contribution is -2.22. The first-order valence-corrected chi connectivity index (χ1v) is 7.20. The van der Waals surface area contributed by atoms with Crippen molar-refractivity contribution in [2.45, 2.75) is 32.4 Å². The molecule has 2 rings (SSSR count). The largest absolute Gasteiger partial charge is 0.487 e. The molecule has 1 aromatic rings. The average Bonchev–Trinajstić information content (AvgIpc) is 2.89. The minimum atomic E-state index is -0.463. The number of amides is 1. The first kappa shape index (κ1) is 15.6. The van der Waals surface area contributed by atoms with E-state index in [0.29, 0.717) is 6.54 Å². The lowest BCUT2D eigenvalue weighted by atomic mass is 10.1. The molecule has 2 N–H and O–H groups in total. The van der Waals surface area contributed by atoms with Gasteiger partial charge in [-0.15, -0.1) is 0 Å². The molecule has 1 amide bonds. The molecule has 1 fully saturated rings. The summed E-state index contributed by atoms with van der Waals surface area (Å²) >= 11 is 0. The van der Waals surface area contributed by atoms with Crippen molar-refractivity contribution >= 4 is 6.09 Å². The van der Waals surface area contributed by atoms with E-state index in [2.05, 4.69) is 17.6 Å². The van der Waals surface area contributed by atoms with Crippen molar-refractivity contribution < 1.29 is 18.7 Å². The van der Waals surface area contributed by atoms with Crippen LogP contribution in [0.25, 0.3) is 0 Å². The summed E-state index contributed by atoms with van der Waals surface area (Å²) in [6.45, 7) is 5.49. The first-order chi connectivity index (χ1) is 10.1. The number of ether oxygens (including phenoxy) is 2. The summed E-state index contributed by atoms with van der Waals surface area (Å²) in [7, 11) is 0. The molecule has 1 heterocycles. The highest BCUT2D eigenvalue weighted by molar-refractivity contribution is 5.69. The van der Waals surface area contributed by atoms with Gasteiger partial charge < -0.3 is 20.1 Å². The number of nitrogens with one attached hydrogen (secondary N) is 2. The van der Waals surface area contributed by atoms with Crippen LogP contribution >= 0.6 is 0 Å². The van der Waals surface area contributed by atoms with Gasteiger partial charge in [0.15, 0.2) is 17.7 Å². The summed E-state index contributed by atoms with van der Waals surface area (Å²) in [6, 6.07) is 5.01. The monoisotopic (exact) mass is 296 g/mol. The van der Waals surface area contributed by atoms with Gasteiger partial charge in [-0.2, -0.15) is 0 Å². The van der Waals surface area contributed by atoms with Crippen LogP contribution in [0.5, 0.6) is 5.75 Å². The third-order valence-electron chi connectivity index (χ3n) is 3.33. The molecule has 116 valence electrons. The molecule has 1 saturated heterocycles. The van der Waals surface area contributed by atoms with Crippen molar-refractivity contribution in [3.05, 3.63) is 29.6 Å². The molecule has 0 saturated carbocycles. The van der Waals surface area contributed by atoms with Gasteiger partial charge in [0.2, 0.25) is 0 Å². The Morgan fingerprint density at radius 3 is 3.00 bits per heavy atom. The molecule has 1 aliphatic heterocycles. The highest BCUT2D eigenvalue weighted by Gasteiger charge is 2.23. The van der Waals surface area contributed by atoms with Gasteiger partial charge >= 0.3 is 6.09 Å². The molecule has 5 nitrogen and oxygen atoms in total. The Morgan fingerprint density at radius 1 is 1.57 bits per heavy atom. The van der Waals surface area contributed by atoms with Crippen LogP contribution in [0.4, 0.5) is 9.18 Å². The van der Waals surface area contributed by atoms with Crippen LogP contribution in [0.1, 0.15) is 31.9 Å². The van der Waals surface area contributed by atoms with Crippen LogP contribution in [-0.2, 0) is 4.74 Å². The van der Waals surface area contributed by atoms with Crippen molar-refractivity contribution in [1.82, 2.24) is 10.6 Å². The van der Waals surface area contributed by atoms with Crippen LogP contribution in [0.15, 0.2) is 18.2 Å². The number of halogens is 1. The van der Waals surface area contributed by atoms with E-state index in [4.69, 9.17) is 9.47 Å². The Hall–Kier alpha value is -1.82. The topological polar surface area (TPSA) is 59.6 Å². The molecule has 21 heavy (non-hydrogen) atoms. The molecular weight excluding hydrogens is 275 g/mol. The average molecular weight is 296 g/mol. The SMILES string of the molecule is CCCNC(C)c1ccc(OCC2CNC(=O)O2)c(F)c1. The Balaban J connectivity index is 1.91. The molecule has 0 bridgehead atoms. The summed E-state index contributed by atoms with van der Waals surface area (Å²) in [5.41, 5.74) is 0.877. The van der Waals surface area contributed by atoms with Gasteiger partial charge in [-0.05, 0) is 37.6 Å². The van der Waals surface area contributed by atoms with Gasteiger partial charge in [0, 0.05) is 6.04 Å². The maximum Gasteiger partial charge on any atom is 0.407 e. The number of hydrogen-bond donors (Lipinski definition) is 2. The van der Waals surface area contributed by atoms with Gasteiger partial charge in [-0.3, -0.25) is 0 Å². The number of cyclic esters (lactones) is 1. The maximum atomic E-state index is 14.0. The minimum Gasteiger partial charge on any atom is -0.487 e. The number of benzene rings is 1. The van der Waals surface area contributed by atoms with Crippen LogP contribution in [0, 0.1) is 5.82 Å². The normalized spacial score (nSPS) is 19.0. The van der Waals surface area contributed by atoms with Gasteiger partial charge in [0.25, 0.3) is 0 Å². The van der Waals surface area contributed by atoms with E-state index in [1.165, 1.54) is 6.07 Å². The minimum absolute atomic E-state index is 0.0912. The third-order valence-corrected chi connectivity index (χ3v) is 3.33. The predicted octanol–water partition coefficient (Wildman–Crippen LogP) is 2.37. The molecule has 1 aliphatic rings. The van der Waals surface area contributed by atoms with E-state index in [-0.39, 0.29) is 24.5 Å². The van der Waals surface area contributed by atoms with E-state index in [1.54, 1.807) is 6.07 Å². The highest BCUT2D eigenvalue weighted by Crippen LogP contribution is 2.22. The molecular formula is C15H21FN2O3. The fourth-order valence-electron chi connectivity index (χ4n) is 2.09. The molecule has 6 heteroatoms. The lowest BCUT2D eigenvalue weighted by Gasteiger charge is -2.15. The lowest BCUT2D eigenvalue weighted by molar-refractivity contribution is 0.103. The van der Waals surface area contributed by atoms with E-state index >= 15 is 0 Å². The predicted molar refractivity (Wildman–Crippen MR) is 76.9 cm³/mol. The number of carbonyl (C=O) groups excluding carboxylic acids is 1. The number of hydrogen-bond acceptors (Lipinski definition) is 4. The number of alkyl carbamates (subject to hydrolysis) is 1. The van der Waals surface area contributed by atoms with E-state index in [0.717, 1.165) is 18.5 Å². The molecule has 2 atom stereocenters. The Labute approximate surface area is 123 Å². The van der Waals surface area contributed by atoms with Gasteiger partial charge in [0.1, 0.15) is 6.61 Å². The molecule has 1 aromatic carbocycles. The van der Waals surface area contributed by atoms with Crippen molar-refractivity contribution in [2.75, 3.05) is 19.7 Å². The molecule has 0 radical (unpaired) electrons. The fraction of sp³-hybridized carbons (Fsp3) is 0.533. The molecule has 0 aliphatic carbocycles. The quantitative estimate of drug-likeness (QED) is 0.811.